The average molecular weight is 315 g/mol. The molecule has 23 heavy (non-hydrogen) atoms. The van der Waals surface area contributed by atoms with Crippen LogP contribution < -0.4 is 5.32 Å². The molecule has 0 bridgehead atoms. The van der Waals surface area contributed by atoms with Crippen LogP contribution in [-0.4, -0.2) is 27.8 Å². The lowest BCUT2D eigenvalue weighted by Gasteiger charge is -2.15. The van der Waals surface area contributed by atoms with Gasteiger partial charge in [0, 0.05) is 12.1 Å². The zero-order valence-corrected chi connectivity index (χ0v) is 13.7. The number of hydrogen-bond donors (Lipinski definition) is 1. The summed E-state index contributed by atoms with van der Waals surface area (Å²) >= 11 is 0. The van der Waals surface area contributed by atoms with Gasteiger partial charge < -0.3 is 10.1 Å². The smallest absolute Gasteiger partial charge is 0.338 e. The summed E-state index contributed by atoms with van der Waals surface area (Å²) < 4.78 is 6.91. The highest BCUT2D eigenvalue weighted by atomic mass is 16.5. The van der Waals surface area contributed by atoms with Crippen LogP contribution >= 0.6 is 0 Å². The van der Waals surface area contributed by atoms with Crippen molar-refractivity contribution < 1.29 is 14.3 Å². The first-order chi connectivity index (χ1) is 10.9. The maximum Gasteiger partial charge on any atom is 0.338 e. The predicted molar refractivity (Wildman–Crippen MR) is 87.3 cm³/mol. The molecular weight excluding hydrogens is 294 g/mol. The van der Waals surface area contributed by atoms with E-state index in [1.807, 2.05) is 26.8 Å². The highest BCUT2D eigenvalue weighted by Gasteiger charge is 2.20. The van der Waals surface area contributed by atoms with Crippen LogP contribution in [0.2, 0.25) is 0 Å². The summed E-state index contributed by atoms with van der Waals surface area (Å²) in [6, 6.07) is 8.87. The molecule has 2 rings (SSSR count). The number of benzene rings is 1. The normalized spacial score (nSPS) is 12.0. The first-order valence-electron chi connectivity index (χ1n) is 7.50. The number of carbonyl (C=O) groups excluding carboxylic acids is 2. The molecule has 0 aliphatic carbocycles. The van der Waals surface area contributed by atoms with Gasteiger partial charge in [-0.2, -0.15) is 5.10 Å². The standard InChI is InChI=1S/C17H21N3O3/c1-11(2)20-15(8-9-18-20)19-16(21)13(4)23-17(22)14-7-5-6-12(3)10-14/h5-11,13H,1-4H3,(H,19,21)/t13-/m0/s1. The lowest BCUT2D eigenvalue weighted by molar-refractivity contribution is -0.123. The summed E-state index contributed by atoms with van der Waals surface area (Å²) in [7, 11) is 0. The van der Waals surface area contributed by atoms with E-state index < -0.39 is 18.0 Å². The summed E-state index contributed by atoms with van der Waals surface area (Å²) in [5.74, 6) is -0.342. The minimum Gasteiger partial charge on any atom is -0.449 e. The lowest BCUT2D eigenvalue weighted by atomic mass is 10.1. The quantitative estimate of drug-likeness (QED) is 0.861. The molecule has 0 aliphatic rings. The number of aromatic nitrogens is 2. The molecule has 0 aliphatic heterocycles. The fourth-order valence-corrected chi connectivity index (χ4v) is 2.11. The Hall–Kier alpha value is -2.63. The summed E-state index contributed by atoms with van der Waals surface area (Å²) in [5.41, 5.74) is 1.38. The van der Waals surface area contributed by atoms with E-state index in [2.05, 4.69) is 10.4 Å². The Labute approximate surface area is 135 Å². The van der Waals surface area contributed by atoms with Gasteiger partial charge in [0.05, 0.1) is 11.8 Å². The Bertz CT molecular complexity index is 707. The SMILES string of the molecule is Cc1cccc(C(=O)O[C@@H](C)C(=O)Nc2ccnn2C(C)C)c1. The molecule has 122 valence electrons. The Morgan fingerprint density at radius 3 is 2.61 bits per heavy atom. The maximum absolute atomic E-state index is 12.2. The van der Waals surface area contributed by atoms with Gasteiger partial charge in [-0.1, -0.05) is 17.7 Å². The molecule has 0 saturated carbocycles. The molecule has 0 radical (unpaired) electrons. The first kappa shape index (κ1) is 16.7. The number of carbonyl (C=O) groups is 2. The number of hydrogen-bond acceptors (Lipinski definition) is 4. The molecular formula is C17H21N3O3. The molecule has 1 heterocycles. The zero-order valence-electron chi connectivity index (χ0n) is 13.7. The number of nitrogens with zero attached hydrogens (tertiary/aromatic N) is 2. The van der Waals surface area contributed by atoms with Crippen molar-refractivity contribution in [3.05, 3.63) is 47.7 Å². The zero-order chi connectivity index (χ0) is 17.0. The van der Waals surface area contributed by atoms with Crippen molar-refractivity contribution in [1.82, 2.24) is 9.78 Å². The predicted octanol–water partition coefficient (Wildman–Crippen LogP) is 2.96. The molecule has 0 fully saturated rings. The molecule has 0 unspecified atom stereocenters. The van der Waals surface area contributed by atoms with E-state index in [4.69, 9.17) is 4.74 Å². The van der Waals surface area contributed by atoms with Gasteiger partial charge in [-0.05, 0) is 39.8 Å². The van der Waals surface area contributed by atoms with E-state index in [-0.39, 0.29) is 6.04 Å². The van der Waals surface area contributed by atoms with Gasteiger partial charge in [0.25, 0.3) is 5.91 Å². The Morgan fingerprint density at radius 1 is 1.22 bits per heavy atom. The van der Waals surface area contributed by atoms with Crippen LogP contribution in [0.4, 0.5) is 5.82 Å². The number of ether oxygens (including phenoxy) is 1. The van der Waals surface area contributed by atoms with Crippen LogP contribution in [0.3, 0.4) is 0 Å². The third kappa shape index (κ3) is 4.18. The topological polar surface area (TPSA) is 73.2 Å². The third-order valence-corrected chi connectivity index (χ3v) is 3.32. The van der Waals surface area contributed by atoms with Crippen LogP contribution in [0.5, 0.6) is 0 Å². The second-order valence-corrected chi connectivity index (χ2v) is 5.66. The molecule has 1 atom stereocenters. The highest BCUT2D eigenvalue weighted by Crippen LogP contribution is 2.14. The van der Waals surface area contributed by atoms with E-state index in [1.165, 1.54) is 0 Å². The monoisotopic (exact) mass is 315 g/mol. The van der Waals surface area contributed by atoms with Gasteiger partial charge in [-0.3, -0.25) is 4.79 Å². The number of rotatable bonds is 5. The minimum atomic E-state index is -0.904. The number of esters is 1. The second kappa shape index (κ2) is 7.09. The van der Waals surface area contributed by atoms with Gasteiger partial charge in [0.15, 0.2) is 6.10 Å². The van der Waals surface area contributed by atoms with E-state index in [1.54, 1.807) is 42.1 Å². The maximum atomic E-state index is 12.2. The third-order valence-electron chi connectivity index (χ3n) is 3.32. The number of amides is 1. The van der Waals surface area contributed by atoms with Crippen LogP contribution in [0.1, 0.15) is 42.7 Å². The van der Waals surface area contributed by atoms with Gasteiger partial charge in [0.1, 0.15) is 5.82 Å². The van der Waals surface area contributed by atoms with Crippen LogP contribution in [-0.2, 0) is 9.53 Å². The van der Waals surface area contributed by atoms with Crippen molar-refractivity contribution in [2.24, 2.45) is 0 Å². The van der Waals surface area contributed by atoms with Crippen LogP contribution in [0.25, 0.3) is 0 Å². The molecule has 6 heteroatoms. The second-order valence-electron chi connectivity index (χ2n) is 5.66. The molecule has 2 aromatic rings. The van der Waals surface area contributed by atoms with E-state index in [0.717, 1.165) is 5.56 Å². The van der Waals surface area contributed by atoms with Crippen LogP contribution in [0.15, 0.2) is 36.5 Å². The van der Waals surface area contributed by atoms with Gasteiger partial charge >= 0.3 is 5.97 Å². The largest absolute Gasteiger partial charge is 0.449 e. The van der Waals surface area contributed by atoms with Crippen LogP contribution in [0, 0.1) is 6.92 Å². The van der Waals surface area contributed by atoms with Crippen molar-refractivity contribution in [2.45, 2.75) is 39.8 Å². The summed E-state index contributed by atoms with van der Waals surface area (Å²) in [5, 5.41) is 6.86. The summed E-state index contributed by atoms with van der Waals surface area (Å²) in [4.78, 5) is 24.3. The molecule has 0 spiro atoms. The van der Waals surface area contributed by atoms with E-state index >= 15 is 0 Å². The number of aryl methyl sites for hydroxylation is 1. The molecule has 0 saturated heterocycles. The van der Waals surface area contributed by atoms with Crippen molar-refractivity contribution in [2.75, 3.05) is 5.32 Å². The van der Waals surface area contributed by atoms with E-state index in [0.29, 0.717) is 11.4 Å². The Kier molecular flexibility index (Phi) is 5.16. The van der Waals surface area contributed by atoms with Gasteiger partial charge in [-0.15, -0.1) is 0 Å². The fraction of sp³-hybridized carbons (Fsp3) is 0.353. The summed E-state index contributed by atoms with van der Waals surface area (Å²) in [6.45, 7) is 7.35. The molecule has 1 aromatic heterocycles. The number of nitrogens with one attached hydrogen (secondary N) is 1. The molecule has 6 nitrogen and oxygen atoms in total. The van der Waals surface area contributed by atoms with Crippen molar-refractivity contribution in [3.63, 3.8) is 0 Å². The number of anilines is 1. The van der Waals surface area contributed by atoms with Crippen molar-refractivity contribution in [3.8, 4) is 0 Å². The van der Waals surface area contributed by atoms with Gasteiger partial charge in [0.2, 0.25) is 0 Å². The van der Waals surface area contributed by atoms with E-state index in [9.17, 15) is 9.59 Å². The first-order valence-corrected chi connectivity index (χ1v) is 7.50. The molecule has 1 amide bonds. The Balaban J connectivity index is 2.00. The molecule has 1 N–H and O–H groups in total. The lowest BCUT2D eigenvalue weighted by Crippen LogP contribution is -2.31. The fourth-order valence-electron chi connectivity index (χ4n) is 2.11. The minimum absolute atomic E-state index is 0.116. The van der Waals surface area contributed by atoms with Crippen molar-refractivity contribution >= 4 is 17.7 Å². The highest BCUT2D eigenvalue weighted by molar-refractivity contribution is 5.96. The van der Waals surface area contributed by atoms with Gasteiger partial charge in [-0.25, -0.2) is 9.48 Å². The Morgan fingerprint density at radius 2 is 1.96 bits per heavy atom. The van der Waals surface area contributed by atoms with Crippen molar-refractivity contribution in [1.29, 1.82) is 0 Å². The summed E-state index contributed by atoms with van der Waals surface area (Å²) in [6.07, 6.45) is 0.706. The average Bonchev–Trinajstić information content (AvgIpc) is 2.95. The molecule has 1 aromatic carbocycles.